The molecular formula is C13H14FN3. The van der Waals surface area contributed by atoms with Crippen LogP contribution < -0.4 is 5.32 Å². The summed E-state index contributed by atoms with van der Waals surface area (Å²) in [6.45, 7) is 4.28. The van der Waals surface area contributed by atoms with Crippen molar-refractivity contribution >= 4 is 5.69 Å². The molecule has 1 aliphatic heterocycles. The maximum absolute atomic E-state index is 13.9. The van der Waals surface area contributed by atoms with Crippen molar-refractivity contribution in [2.45, 2.75) is 19.9 Å². The molecule has 1 atom stereocenters. The predicted octanol–water partition coefficient (Wildman–Crippen LogP) is 3.13. The summed E-state index contributed by atoms with van der Waals surface area (Å²) in [6, 6.07) is 5.27. The molecule has 0 bridgehead atoms. The molecule has 0 saturated carbocycles. The van der Waals surface area contributed by atoms with E-state index in [1.54, 1.807) is 18.6 Å². The molecule has 0 saturated heterocycles. The van der Waals surface area contributed by atoms with Crippen LogP contribution in [0.1, 0.15) is 25.6 Å². The van der Waals surface area contributed by atoms with Crippen molar-refractivity contribution in [1.82, 2.24) is 9.55 Å². The van der Waals surface area contributed by atoms with E-state index in [0.29, 0.717) is 11.6 Å². The Morgan fingerprint density at radius 1 is 1.41 bits per heavy atom. The fraction of sp³-hybridized carbons (Fsp3) is 0.308. The number of fused-ring (bicyclic) bond motifs is 3. The molecule has 1 N–H and O–H groups in total. The van der Waals surface area contributed by atoms with Gasteiger partial charge in [0.05, 0.1) is 29.9 Å². The van der Waals surface area contributed by atoms with E-state index in [-0.39, 0.29) is 11.9 Å². The highest BCUT2D eigenvalue weighted by atomic mass is 19.1. The molecule has 4 heteroatoms. The summed E-state index contributed by atoms with van der Waals surface area (Å²) < 4.78 is 15.7. The maximum Gasteiger partial charge on any atom is 0.149 e. The molecule has 0 spiro atoms. The molecule has 1 aromatic carbocycles. The third kappa shape index (κ3) is 1.44. The van der Waals surface area contributed by atoms with Gasteiger partial charge in [-0.2, -0.15) is 0 Å². The van der Waals surface area contributed by atoms with Crippen molar-refractivity contribution in [2.75, 3.05) is 5.32 Å². The summed E-state index contributed by atoms with van der Waals surface area (Å²) in [5.41, 5.74) is 2.41. The Labute approximate surface area is 99.3 Å². The van der Waals surface area contributed by atoms with Gasteiger partial charge in [0.15, 0.2) is 0 Å². The first-order valence-electron chi connectivity index (χ1n) is 5.76. The molecule has 17 heavy (non-hydrogen) atoms. The minimum atomic E-state index is -0.226. The molecule has 1 aliphatic rings. The molecule has 88 valence electrons. The lowest BCUT2D eigenvalue weighted by Gasteiger charge is -2.31. The largest absolute Gasteiger partial charge is 0.375 e. The van der Waals surface area contributed by atoms with Crippen molar-refractivity contribution in [2.24, 2.45) is 5.92 Å². The van der Waals surface area contributed by atoms with Crippen LogP contribution >= 0.6 is 0 Å². The minimum absolute atomic E-state index is 0.173. The topological polar surface area (TPSA) is 29.9 Å². The van der Waals surface area contributed by atoms with E-state index in [4.69, 9.17) is 0 Å². The van der Waals surface area contributed by atoms with Crippen LogP contribution in [0.15, 0.2) is 30.7 Å². The normalized spacial score (nSPS) is 17.5. The van der Waals surface area contributed by atoms with Gasteiger partial charge in [0.2, 0.25) is 0 Å². The van der Waals surface area contributed by atoms with Gasteiger partial charge in [-0.05, 0) is 18.1 Å². The van der Waals surface area contributed by atoms with Crippen LogP contribution in [-0.4, -0.2) is 9.55 Å². The summed E-state index contributed by atoms with van der Waals surface area (Å²) in [4.78, 5) is 4.13. The first-order chi connectivity index (χ1) is 8.18. The van der Waals surface area contributed by atoms with E-state index >= 15 is 0 Å². The first-order valence-corrected chi connectivity index (χ1v) is 5.76. The third-order valence-corrected chi connectivity index (χ3v) is 3.19. The fourth-order valence-corrected chi connectivity index (χ4v) is 2.35. The lowest BCUT2D eigenvalue weighted by atomic mass is 9.98. The zero-order valence-corrected chi connectivity index (χ0v) is 9.81. The van der Waals surface area contributed by atoms with Crippen LogP contribution in [-0.2, 0) is 0 Å². The zero-order chi connectivity index (χ0) is 12.0. The molecule has 0 fully saturated rings. The molecule has 0 aliphatic carbocycles. The SMILES string of the molecule is CC(C)[C@@H]1Nc2cccc(F)c2-n2cncc21. The first kappa shape index (κ1) is 10.3. The standard InChI is InChI=1S/C13H14FN3/c1-8(2)12-11-6-15-7-17(11)13-9(14)4-3-5-10(13)16-12/h3-8,12,16H,1-2H3/t12-/m0/s1. The average Bonchev–Trinajstić information content (AvgIpc) is 2.76. The zero-order valence-electron chi connectivity index (χ0n) is 9.81. The minimum Gasteiger partial charge on any atom is -0.375 e. The average molecular weight is 231 g/mol. The summed E-state index contributed by atoms with van der Waals surface area (Å²) >= 11 is 0. The molecule has 2 aromatic rings. The Morgan fingerprint density at radius 2 is 2.24 bits per heavy atom. The van der Waals surface area contributed by atoms with Gasteiger partial charge in [-0.15, -0.1) is 0 Å². The highest BCUT2D eigenvalue weighted by Gasteiger charge is 2.28. The number of imidazole rings is 1. The molecule has 0 unspecified atom stereocenters. The number of halogens is 1. The van der Waals surface area contributed by atoms with Crippen molar-refractivity contribution in [3.05, 3.63) is 42.2 Å². The van der Waals surface area contributed by atoms with E-state index in [1.165, 1.54) is 6.07 Å². The van der Waals surface area contributed by atoms with Crippen LogP contribution in [0.4, 0.5) is 10.1 Å². The molecule has 1 aromatic heterocycles. The van der Waals surface area contributed by atoms with E-state index in [9.17, 15) is 4.39 Å². The van der Waals surface area contributed by atoms with Gasteiger partial charge < -0.3 is 5.32 Å². The van der Waals surface area contributed by atoms with Crippen LogP contribution in [0.2, 0.25) is 0 Å². The summed E-state index contributed by atoms with van der Waals surface area (Å²) in [7, 11) is 0. The smallest absolute Gasteiger partial charge is 0.149 e. The number of benzene rings is 1. The number of hydrogen-bond donors (Lipinski definition) is 1. The Hall–Kier alpha value is -1.84. The third-order valence-electron chi connectivity index (χ3n) is 3.19. The molecule has 2 heterocycles. The van der Waals surface area contributed by atoms with Gasteiger partial charge in [-0.25, -0.2) is 9.37 Å². The summed E-state index contributed by atoms with van der Waals surface area (Å²) in [6.07, 6.45) is 3.47. The monoisotopic (exact) mass is 231 g/mol. The lowest BCUT2D eigenvalue weighted by Crippen LogP contribution is -2.25. The van der Waals surface area contributed by atoms with Gasteiger partial charge >= 0.3 is 0 Å². The summed E-state index contributed by atoms with van der Waals surface area (Å²) in [5, 5.41) is 3.38. The van der Waals surface area contributed by atoms with E-state index in [2.05, 4.69) is 24.1 Å². The number of nitrogens with zero attached hydrogens (tertiary/aromatic N) is 2. The number of nitrogens with one attached hydrogen (secondary N) is 1. The van der Waals surface area contributed by atoms with Crippen molar-refractivity contribution in [3.63, 3.8) is 0 Å². The maximum atomic E-state index is 13.9. The van der Waals surface area contributed by atoms with Crippen LogP contribution in [0, 0.1) is 11.7 Å². The molecule has 3 nitrogen and oxygen atoms in total. The van der Waals surface area contributed by atoms with Crippen LogP contribution in [0.3, 0.4) is 0 Å². The predicted molar refractivity (Wildman–Crippen MR) is 64.7 cm³/mol. The highest BCUT2D eigenvalue weighted by molar-refractivity contribution is 5.65. The van der Waals surface area contributed by atoms with Crippen LogP contribution in [0.5, 0.6) is 0 Å². The van der Waals surface area contributed by atoms with Gasteiger partial charge in [0.25, 0.3) is 0 Å². The fourth-order valence-electron chi connectivity index (χ4n) is 2.35. The number of hydrogen-bond acceptors (Lipinski definition) is 2. The van der Waals surface area contributed by atoms with Gasteiger partial charge in [0.1, 0.15) is 11.5 Å². The van der Waals surface area contributed by atoms with E-state index < -0.39 is 0 Å². The highest BCUT2D eigenvalue weighted by Crippen LogP contribution is 2.37. The molecule has 0 radical (unpaired) electrons. The van der Waals surface area contributed by atoms with Gasteiger partial charge in [-0.1, -0.05) is 19.9 Å². The molecule has 0 amide bonds. The second kappa shape index (κ2) is 3.58. The number of aromatic nitrogens is 2. The Kier molecular flexibility index (Phi) is 2.18. The van der Waals surface area contributed by atoms with Crippen molar-refractivity contribution in [3.8, 4) is 5.69 Å². The Morgan fingerprint density at radius 3 is 3.00 bits per heavy atom. The molecular weight excluding hydrogens is 217 g/mol. The summed E-state index contributed by atoms with van der Waals surface area (Å²) in [5.74, 6) is 0.193. The van der Waals surface area contributed by atoms with E-state index in [1.807, 2.05) is 10.6 Å². The number of anilines is 1. The van der Waals surface area contributed by atoms with Gasteiger partial charge in [0, 0.05) is 0 Å². The Bertz CT molecular complexity index is 560. The van der Waals surface area contributed by atoms with E-state index in [0.717, 1.165) is 11.4 Å². The van der Waals surface area contributed by atoms with Crippen molar-refractivity contribution in [1.29, 1.82) is 0 Å². The quantitative estimate of drug-likeness (QED) is 0.817. The van der Waals surface area contributed by atoms with Crippen LogP contribution in [0.25, 0.3) is 5.69 Å². The van der Waals surface area contributed by atoms with Crippen molar-refractivity contribution < 1.29 is 4.39 Å². The number of rotatable bonds is 1. The molecule has 3 rings (SSSR count). The van der Waals surface area contributed by atoms with Gasteiger partial charge in [-0.3, -0.25) is 4.57 Å². The Balaban J connectivity index is 2.23. The second-order valence-electron chi connectivity index (χ2n) is 4.69. The second-order valence-corrected chi connectivity index (χ2v) is 4.69. The number of para-hydroxylation sites is 1. The lowest BCUT2D eigenvalue weighted by molar-refractivity contribution is 0.513.